The normalized spacial score (nSPS) is 30.7. The van der Waals surface area contributed by atoms with Crippen molar-refractivity contribution in [2.75, 3.05) is 32.8 Å². The van der Waals surface area contributed by atoms with Crippen molar-refractivity contribution in [3.05, 3.63) is 35.9 Å². The maximum Gasteiger partial charge on any atom is 0.0900 e. The molecule has 1 aliphatic heterocycles. The minimum Gasteiger partial charge on any atom is -0.389 e. The van der Waals surface area contributed by atoms with Gasteiger partial charge in [-0.15, -0.1) is 0 Å². The van der Waals surface area contributed by atoms with E-state index in [0.717, 1.165) is 49.9 Å². The van der Waals surface area contributed by atoms with Crippen molar-refractivity contribution in [3.8, 4) is 0 Å². The fourth-order valence-corrected chi connectivity index (χ4v) is 5.61. The summed E-state index contributed by atoms with van der Waals surface area (Å²) in [6.07, 6.45) is 9.03. The second-order valence-corrected chi connectivity index (χ2v) is 9.06. The first-order valence-electron chi connectivity index (χ1n) is 10.8. The summed E-state index contributed by atoms with van der Waals surface area (Å²) in [6, 6.07) is 10.8. The van der Waals surface area contributed by atoms with Crippen LogP contribution in [0, 0.1) is 23.7 Å². The monoisotopic (exact) mass is 357 g/mol. The Labute approximate surface area is 158 Å². The van der Waals surface area contributed by atoms with Crippen molar-refractivity contribution in [1.29, 1.82) is 0 Å². The standard InChI is InChI=1S/C23H35NO2/c25-23(17-26-16-22-14-20-6-7-21(22)13-20)15-24-10-8-19(9-11-24)12-18-4-2-1-3-5-18/h1-5,19-23,25H,6-17H2/t20-,21-,22-,23-/m1/s1. The quantitative estimate of drug-likeness (QED) is 0.769. The highest BCUT2D eigenvalue weighted by Crippen LogP contribution is 2.48. The van der Waals surface area contributed by atoms with E-state index >= 15 is 0 Å². The second kappa shape index (κ2) is 8.86. The molecule has 1 aromatic carbocycles. The minimum absolute atomic E-state index is 0.334. The van der Waals surface area contributed by atoms with Crippen LogP contribution in [-0.2, 0) is 11.2 Å². The van der Waals surface area contributed by atoms with E-state index in [4.69, 9.17) is 4.74 Å². The van der Waals surface area contributed by atoms with Crippen LogP contribution >= 0.6 is 0 Å². The number of nitrogens with zero attached hydrogens (tertiary/aromatic N) is 1. The molecule has 3 aliphatic rings. The number of fused-ring (bicyclic) bond motifs is 2. The number of β-amino-alcohol motifs (C(OH)–C–C–N with tert-alkyl or cyclic N) is 1. The molecule has 1 saturated heterocycles. The van der Waals surface area contributed by atoms with Crippen LogP contribution in [0.4, 0.5) is 0 Å². The van der Waals surface area contributed by atoms with Crippen LogP contribution in [0.3, 0.4) is 0 Å². The number of piperidine rings is 1. The average Bonchev–Trinajstić information content (AvgIpc) is 3.27. The van der Waals surface area contributed by atoms with Gasteiger partial charge in [0, 0.05) is 13.2 Å². The molecule has 0 aromatic heterocycles. The molecule has 144 valence electrons. The largest absolute Gasteiger partial charge is 0.389 e. The fourth-order valence-electron chi connectivity index (χ4n) is 5.61. The molecule has 2 saturated carbocycles. The topological polar surface area (TPSA) is 32.7 Å². The lowest BCUT2D eigenvalue weighted by Crippen LogP contribution is -2.40. The number of aliphatic hydroxyl groups is 1. The lowest BCUT2D eigenvalue weighted by molar-refractivity contribution is -0.00629. The van der Waals surface area contributed by atoms with E-state index in [2.05, 4.69) is 35.2 Å². The maximum absolute atomic E-state index is 10.3. The van der Waals surface area contributed by atoms with Crippen molar-refractivity contribution in [3.63, 3.8) is 0 Å². The molecule has 0 radical (unpaired) electrons. The van der Waals surface area contributed by atoms with Gasteiger partial charge in [0.2, 0.25) is 0 Å². The van der Waals surface area contributed by atoms with E-state index in [1.54, 1.807) is 0 Å². The van der Waals surface area contributed by atoms with E-state index in [9.17, 15) is 5.11 Å². The van der Waals surface area contributed by atoms with Gasteiger partial charge >= 0.3 is 0 Å². The molecule has 1 aromatic rings. The van der Waals surface area contributed by atoms with Crippen LogP contribution in [0.2, 0.25) is 0 Å². The van der Waals surface area contributed by atoms with Crippen molar-refractivity contribution in [2.24, 2.45) is 23.7 Å². The van der Waals surface area contributed by atoms with Crippen molar-refractivity contribution < 1.29 is 9.84 Å². The van der Waals surface area contributed by atoms with Crippen LogP contribution < -0.4 is 0 Å². The lowest BCUT2D eigenvalue weighted by Gasteiger charge is -2.33. The zero-order valence-electron chi connectivity index (χ0n) is 16.1. The zero-order chi connectivity index (χ0) is 17.8. The van der Waals surface area contributed by atoms with Crippen LogP contribution in [0.25, 0.3) is 0 Å². The number of hydrogen-bond donors (Lipinski definition) is 1. The van der Waals surface area contributed by atoms with Crippen molar-refractivity contribution in [1.82, 2.24) is 4.90 Å². The Hall–Kier alpha value is -0.900. The first-order chi connectivity index (χ1) is 12.8. The summed E-state index contributed by atoms with van der Waals surface area (Å²) in [4.78, 5) is 2.42. The first-order valence-corrected chi connectivity index (χ1v) is 10.8. The van der Waals surface area contributed by atoms with Gasteiger partial charge in [-0.05, 0) is 80.8 Å². The third-order valence-corrected chi connectivity index (χ3v) is 7.07. The van der Waals surface area contributed by atoms with Gasteiger partial charge in [0.15, 0.2) is 0 Å². The molecule has 1 N–H and O–H groups in total. The number of ether oxygens (including phenoxy) is 1. The van der Waals surface area contributed by atoms with E-state index in [0.29, 0.717) is 6.61 Å². The van der Waals surface area contributed by atoms with E-state index < -0.39 is 0 Å². The van der Waals surface area contributed by atoms with Gasteiger partial charge in [-0.25, -0.2) is 0 Å². The molecule has 26 heavy (non-hydrogen) atoms. The number of likely N-dealkylation sites (tertiary alicyclic amines) is 1. The molecule has 2 aliphatic carbocycles. The second-order valence-electron chi connectivity index (χ2n) is 9.06. The zero-order valence-corrected chi connectivity index (χ0v) is 16.1. The molecule has 3 nitrogen and oxygen atoms in total. The fraction of sp³-hybridized carbons (Fsp3) is 0.739. The van der Waals surface area contributed by atoms with Gasteiger partial charge in [0.05, 0.1) is 12.7 Å². The van der Waals surface area contributed by atoms with Gasteiger partial charge in [-0.1, -0.05) is 36.8 Å². The van der Waals surface area contributed by atoms with Gasteiger partial charge in [0.1, 0.15) is 0 Å². The molecule has 0 spiro atoms. The third kappa shape index (κ3) is 4.88. The van der Waals surface area contributed by atoms with Crippen LogP contribution in [0.1, 0.15) is 44.1 Å². The molecule has 2 bridgehead atoms. The molecule has 0 unspecified atom stereocenters. The molecular formula is C23H35NO2. The molecule has 4 rings (SSSR count). The Morgan fingerprint density at radius 3 is 2.54 bits per heavy atom. The summed E-state index contributed by atoms with van der Waals surface area (Å²) in [6.45, 7) is 4.38. The van der Waals surface area contributed by atoms with E-state index in [1.165, 1.54) is 50.5 Å². The highest BCUT2D eigenvalue weighted by Gasteiger charge is 2.39. The van der Waals surface area contributed by atoms with E-state index in [1.807, 2.05) is 0 Å². The predicted octanol–water partition coefficient (Wildman–Crippen LogP) is 3.75. The molecule has 1 heterocycles. The Bertz CT molecular complexity index is 540. The number of hydrogen-bond acceptors (Lipinski definition) is 3. The van der Waals surface area contributed by atoms with Crippen molar-refractivity contribution >= 4 is 0 Å². The summed E-state index contributed by atoms with van der Waals surface area (Å²) in [7, 11) is 0. The van der Waals surface area contributed by atoms with Crippen LogP contribution in [0.5, 0.6) is 0 Å². The first kappa shape index (κ1) is 18.5. The van der Waals surface area contributed by atoms with Gasteiger partial charge in [-0.2, -0.15) is 0 Å². The highest BCUT2D eigenvalue weighted by atomic mass is 16.5. The molecule has 0 amide bonds. The van der Waals surface area contributed by atoms with Crippen molar-refractivity contribution in [2.45, 2.75) is 51.0 Å². The SMILES string of the molecule is O[C@@H](COC[C@H]1C[C@@H]2CC[C@@H]1C2)CN1CCC(Cc2ccccc2)CC1. The average molecular weight is 358 g/mol. The summed E-state index contributed by atoms with van der Waals surface area (Å²) in [5.41, 5.74) is 1.46. The lowest BCUT2D eigenvalue weighted by atomic mass is 9.89. The minimum atomic E-state index is -0.334. The molecular weight excluding hydrogens is 322 g/mol. The van der Waals surface area contributed by atoms with Gasteiger partial charge in [0.25, 0.3) is 0 Å². The van der Waals surface area contributed by atoms with Gasteiger partial charge < -0.3 is 14.7 Å². The predicted molar refractivity (Wildman–Crippen MR) is 105 cm³/mol. The van der Waals surface area contributed by atoms with E-state index in [-0.39, 0.29) is 6.10 Å². The highest BCUT2D eigenvalue weighted by molar-refractivity contribution is 5.15. The smallest absolute Gasteiger partial charge is 0.0900 e. The number of rotatable bonds is 8. The van der Waals surface area contributed by atoms with Crippen LogP contribution in [-0.4, -0.2) is 49.0 Å². The molecule has 3 fully saturated rings. The summed E-state index contributed by atoms with van der Waals surface area (Å²) in [5, 5.41) is 10.3. The Balaban J connectivity index is 1.10. The van der Waals surface area contributed by atoms with Gasteiger partial charge in [-0.3, -0.25) is 0 Å². The molecule has 3 heteroatoms. The van der Waals surface area contributed by atoms with Crippen LogP contribution in [0.15, 0.2) is 30.3 Å². The Morgan fingerprint density at radius 2 is 1.85 bits per heavy atom. The molecule has 4 atom stereocenters. The Kier molecular flexibility index (Phi) is 6.29. The third-order valence-electron chi connectivity index (χ3n) is 7.07. The summed E-state index contributed by atoms with van der Waals surface area (Å²) in [5.74, 6) is 3.46. The number of benzene rings is 1. The maximum atomic E-state index is 10.3. The Morgan fingerprint density at radius 1 is 1.04 bits per heavy atom. The summed E-state index contributed by atoms with van der Waals surface area (Å²) >= 11 is 0. The summed E-state index contributed by atoms with van der Waals surface area (Å²) < 4.78 is 5.90. The number of aliphatic hydroxyl groups excluding tert-OH is 1.